The molecular formula is C16H21N3O4. The van der Waals surface area contributed by atoms with Gasteiger partial charge in [0.2, 0.25) is 0 Å². The van der Waals surface area contributed by atoms with Crippen LogP contribution in [0.4, 0.5) is 4.79 Å². The van der Waals surface area contributed by atoms with Crippen LogP contribution in [0.2, 0.25) is 0 Å². The summed E-state index contributed by atoms with van der Waals surface area (Å²) >= 11 is 0. The molecule has 124 valence electrons. The summed E-state index contributed by atoms with van der Waals surface area (Å²) in [5.41, 5.74) is 0.0268. The van der Waals surface area contributed by atoms with Crippen molar-refractivity contribution in [3.63, 3.8) is 0 Å². The minimum Gasteiger partial charge on any atom is -0.465 e. The molecule has 0 radical (unpaired) electrons. The van der Waals surface area contributed by atoms with Gasteiger partial charge in [-0.1, -0.05) is 32.3 Å². The smallest absolute Gasteiger partial charge is 0.343 e. The second-order valence-electron chi connectivity index (χ2n) is 5.26. The SMILES string of the molecule is CCCCCCNC(=O)n1[nH]c2c(C(=O)OC)cccc2c1=O. The van der Waals surface area contributed by atoms with Gasteiger partial charge in [0.25, 0.3) is 5.56 Å². The van der Waals surface area contributed by atoms with Crippen LogP contribution in [-0.4, -0.2) is 35.4 Å². The van der Waals surface area contributed by atoms with Gasteiger partial charge in [-0.2, -0.15) is 4.68 Å². The van der Waals surface area contributed by atoms with Crippen LogP contribution in [0.15, 0.2) is 23.0 Å². The first-order valence-corrected chi connectivity index (χ1v) is 7.70. The molecule has 0 saturated heterocycles. The van der Waals surface area contributed by atoms with E-state index in [0.29, 0.717) is 12.1 Å². The quantitative estimate of drug-likeness (QED) is 0.631. The number of carbonyl (C=O) groups is 2. The fourth-order valence-electron chi connectivity index (χ4n) is 2.38. The van der Waals surface area contributed by atoms with Gasteiger partial charge in [0.1, 0.15) is 0 Å². The van der Waals surface area contributed by atoms with Crippen molar-refractivity contribution < 1.29 is 14.3 Å². The van der Waals surface area contributed by atoms with Crippen LogP contribution in [0, 0.1) is 0 Å². The van der Waals surface area contributed by atoms with E-state index >= 15 is 0 Å². The molecule has 2 aromatic rings. The number of rotatable bonds is 6. The Labute approximate surface area is 133 Å². The maximum atomic E-state index is 12.3. The molecule has 7 nitrogen and oxygen atoms in total. The molecule has 0 fully saturated rings. The van der Waals surface area contributed by atoms with Crippen LogP contribution in [0.1, 0.15) is 43.0 Å². The second kappa shape index (κ2) is 7.62. The zero-order valence-corrected chi connectivity index (χ0v) is 13.3. The van der Waals surface area contributed by atoms with Crippen molar-refractivity contribution in [2.75, 3.05) is 13.7 Å². The van der Waals surface area contributed by atoms with Crippen LogP contribution in [-0.2, 0) is 4.74 Å². The third kappa shape index (κ3) is 3.61. The lowest BCUT2D eigenvalue weighted by molar-refractivity contribution is 0.0602. The standard InChI is InChI=1S/C16H21N3O4/c1-3-4-5-6-10-17-16(22)19-14(20)11-8-7-9-12(13(11)18-19)15(21)23-2/h7-9,18H,3-6,10H2,1-2H3,(H,17,22). The van der Waals surface area contributed by atoms with E-state index < -0.39 is 17.6 Å². The molecule has 0 unspecified atom stereocenters. The normalized spacial score (nSPS) is 10.7. The number of hydrogen-bond donors (Lipinski definition) is 2. The van der Waals surface area contributed by atoms with E-state index in [1.807, 2.05) is 0 Å². The number of aromatic nitrogens is 2. The lowest BCUT2D eigenvalue weighted by Gasteiger charge is -2.04. The monoisotopic (exact) mass is 319 g/mol. The number of nitrogens with zero attached hydrogens (tertiary/aromatic N) is 1. The van der Waals surface area contributed by atoms with Gasteiger partial charge >= 0.3 is 12.0 Å². The van der Waals surface area contributed by atoms with E-state index in [4.69, 9.17) is 0 Å². The van der Waals surface area contributed by atoms with Gasteiger partial charge < -0.3 is 10.1 Å². The molecule has 23 heavy (non-hydrogen) atoms. The van der Waals surface area contributed by atoms with Gasteiger partial charge in [-0.3, -0.25) is 9.89 Å². The molecular weight excluding hydrogens is 298 g/mol. The number of nitrogens with one attached hydrogen (secondary N) is 2. The number of para-hydroxylation sites is 1. The largest absolute Gasteiger partial charge is 0.465 e. The maximum Gasteiger partial charge on any atom is 0.343 e. The lowest BCUT2D eigenvalue weighted by Crippen LogP contribution is -2.35. The number of carbonyl (C=O) groups excluding carboxylic acids is 2. The molecule has 0 atom stereocenters. The molecule has 0 aliphatic carbocycles. The maximum absolute atomic E-state index is 12.3. The molecule has 1 amide bonds. The van der Waals surface area contributed by atoms with Gasteiger partial charge in [-0.25, -0.2) is 9.59 Å². The van der Waals surface area contributed by atoms with Crippen molar-refractivity contribution in [1.29, 1.82) is 0 Å². The average Bonchev–Trinajstić information content (AvgIpc) is 2.91. The number of esters is 1. The van der Waals surface area contributed by atoms with Crippen LogP contribution in [0.3, 0.4) is 0 Å². The summed E-state index contributed by atoms with van der Waals surface area (Å²) in [6.45, 7) is 2.62. The van der Waals surface area contributed by atoms with Crippen molar-refractivity contribution in [1.82, 2.24) is 15.1 Å². The highest BCUT2D eigenvalue weighted by molar-refractivity contribution is 6.03. The summed E-state index contributed by atoms with van der Waals surface area (Å²) in [4.78, 5) is 36.1. The number of H-pyrrole nitrogens is 1. The highest BCUT2D eigenvalue weighted by Gasteiger charge is 2.18. The number of methoxy groups -OCH3 is 1. The van der Waals surface area contributed by atoms with Crippen LogP contribution in [0.25, 0.3) is 10.9 Å². The summed E-state index contributed by atoms with van der Waals surface area (Å²) in [5.74, 6) is -0.566. The topological polar surface area (TPSA) is 93.2 Å². The zero-order chi connectivity index (χ0) is 16.8. The van der Waals surface area contributed by atoms with Gasteiger partial charge in [0.15, 0.2) is 0 Å². The Morgan fingerprint density at radius 3 is 2.74 bits per heavy atom. The summed E-state index contributed by atoms with van der Waals surface area (Å²) < 4.78 is 5.57. The summed E-state index contributed by atoms with van der Waals surface area (Å²) in [6, 6.07) is 4.15. The highest BCUT2D eigenvalue weighted by Crippen LogP contribution is 2.14. The molecule has 0 aliphatic heterocycles. The summed E-state index contributed by atoms with van der Waals surface area (Å²) in [7, 11) is 1.26. The molecule has 0 aliphatic rings. The zero-order valence-electron chi connectivity index (χ0n) is 13.3. The number of ether oxygens (including phenoxy) is 1. The second-order valence-corrected chi connectivity index (χ2v) is 5.26. The fourth-order valence-corrected chi connectivity index (χ4v) is 2.38. The Bertz CT molecular complexity index is 760. The van der Waals surface area contributed by atoms with Crippen LogP contribution < -0.4 is 10.9 Å². The molecule has 2 rings (SSSR count). The molecule has 2 N–H and O–H groups in total. The van der Waals surface area contributed by atoms with E-state index in [9.17, 15) is 14.4 Å². The number of benzene rings is 1. The summed E-state index contributed by atoms with van der Waals surface area (Å²) in [6.07, 6.45) is 4.13. The van der Waals surface area contributed by atoms with Gasteiger partial charge in [-0.15, -0.1) is 0 Å². The number of fused-ring (bicyclic) bond motifs is 1. The first-order valence-electron chi connectivity index (χ1n) is 7.70. The molecule has 0 spiro atoms. The molecule has 1 aromatic heterocycles. The number of hydrogen-bond acceptors (Lipinski definition) is 4. The number of unbranched alkanes of at least 4 members (excludes halogenated alkanes) is 3. The Hall–Kier alpha value is -2.57. The van der Waals surface area contributed by atoms with Gasteiger partial charge in [-0.05, 0) is 18.6 Å². The number of amides is 1. The average molecular weight is 319 g/mol. The number of aromatic amines is 1. The van der Waals surface area contributed by atoms with Crippen molar-refractivity contribution in [2.45, 2.75) is 32.6 Å². The predicted octanol–water partition coefficient (Wildman–Crippen LogP) is 2.25. The van der Waals surface area contributed by atoms with Crippen LogP contribution in [0.5, 0.6) is 0 Å². The van der Waals surface area contributed by atoms with Crippen molar-refractivity contribution >= 4 is 22.9 Å². The first-order chi connectivity index (χ1) is 11.1. The van der Waals surface area contributed by atoms with Crippen molar-refractivity contribution in [3.8, 4) is 0 Å². The summed E-state index contributed by atoms with van der Waals surface area (Å²) in [5, 5.41) is 5.66. The van der Waals surface area contributed by atoms with Crippen molar-refractivity contribution in [2.24, 2.45) is 0 Å². The van der Waals surface area contributed by atoms with E-state index in [0.717, 1.165) is 30.4 Å². The van der Waals surface area contributed by atoms with Crippen LogP contribution >= 0.6 is 0 Å². The lowest BCUT2D eigenvalue weighted by atomic mass is 10.1. The minimum absolute atomic E-state index is 0.219. The molecule has 0 bridgehead atoms. The van der Waals surface area contributed by atoms with Gasteiger partial charge in [0.05, 0.1) is 23.6 Å². The first kappa shape index (κ1) is 16.8. The van der Waals surface area contributed by atoms with E-state index in [-0.39, 0.29) is 10.9 Å². The Kier molecular flexibility index (Phi) is 5.56. The van der Waals surface area contributed by atoms with Crippen molar-refractivity contribution in [3.05, 3.63) is 34.1 Å². The third-order valence-electron chi connectivity index (χ3n) is 3.64. The van der Waals surface area contributed by atoms with E-state index in [2.05, 4.69) is 22.1 Å². The Morgan fingerprint density at radius 1 is 1.26 bits per heavy atom. The Balaban J connectivity index is 2.21. The highest BCUT2D eigenvalue weighted by atomic mass is 16.5. The fraction of sp³-hybridized carbons (Fsp3) is 0.438. The minimum atomic E-state index is -0.566. The molecule has 1 aromatic carbocycles. The Morgan fingerprint density at radius 2 is 2.04 bits per heavy atom. The third-order valence-corrected chi connectivity index (χ3v) is 3.64. The van der Waals surface area contributed by atoms with Gasteiger partial charge in [0, 0.05) is 6.54 Å². The molecule has 1 heterocycles. The van der Waals surface area contributed by atoms with E-state index in [1.165, 1.54) is 13.2 Å². The molecule has 0 saturated carbocycles. The van der Waals surface area contributed by atoms with E-state index in [1.54, 1.807) is 12.1 Å². The predicted molar refractivity (Wildman–Crippen MR) is 86.8 cm³/mol. The molecule has 7 heteroatoms.